The van der Waals surface area contributed by atoms with Crippen molar-refractivity contribution in [3.63, 3.8) is 0 Å². The number of amides is 1. The number of nitrogens with zero attached hydrogens (tertiary/aromatic N) is 3. The maximum atomic E-state index is 12.9. The molecule has 0 aliphatic carbocycles. The standard InChI is InChI=1S/C23H29N3O2/c1-18-15-26(22-6-4-3-5-21(18)22)23(27)17-25-13-11-24(12-14-25)16-19-7-9-20(28-2)10-8-19/h3-10,18H,11-17H2,1-2H3. The maximum absolute atomic E-state index is 12.9. The van der Waals surface area contributed by atoms with Crippen molar-refractivity contribution in [2.75, 3.05) is 51.3 Å². The van der Waals surface area contributed by atoms with E-state index in [4.69, 9.17) is 4.74 Å². The fraction of sp³-hybridized carbons (Fsp3) is 0.435. The van der Waals surface area contributed by atoms with Crippen molar-refractivity contribution in [1.82, 2.24) is 9.80 Å². The molecule has 0 saturated carbocycles. The van der Waals surface area contributed by atoms with Gasteiger partial charge in [0.1, 0.15) is 5.75 Å². The summed E-state index contributed by atoms with van der Waals surface area (Å²) < 4.78 is 5.22. The molecule has 1 amide bonds. The lowest BCUT2D eigenvalue weighted by atomic mass is 10.0. The number of para-hydroxylation sites is 1. The summed E-state index contributed by atoms with van der Waals surface area (Å²) in [6.07, 6.45) is 0. The second-order valence-corrected chi connectivity index (χ2v) is 7.86. The summed E-state index contributed by atoms with van der Waals surface area (Å²) >= 11 is 0. The second-order valence-electron chi connectivity index (χ2n) is 7.86. The van der Waals surface area contributed by atoms with E-state index in [2.05, 4.69) is 47.1 Å². The summed E-state index contributed by atoms with van der Waals surface area (Å²) in [6.45, 7) is 8.32. The largest absolute Gasteiger partial charge is 0.497 e. The van der Waals surface area contributed by atoms with Crippen LogP contribution in [0.3, 0.4) is 0 Å². The van der Waals surface area contributed by atoms with Crippen LogP contribution in [0.2, 0.25) is 0 Å². The number of fused-ring (bicyclic) bond motifs is 1. The smallest absolute Gasteiger partial charge is 0.241 e. The Morgan fingerprint density at radius 3 is 2.39 bits per heavy atom. The van der Waals surface area contributed by atoms with Gasteiger partial charge in [0.2, 0.25) is 5.91 Å². The molecular weight excluding hydrogens is 350 g/mol. The monoisotopic (exact) mass is 379 g/mol. The Hall–Kier alpha value is -2.37. The molecule has 5 heteroatoms. The zero-order valence-corrected chi connectivity index (χ0v) is 16.8. The van der Waals surface area contributed by atoms with Gasteiger partial charge in [-0.3, -0.25) is 14.6 Å². The zero-order valence-electron chi connectivity index (χ0n) is 16.8. The average molecular weight is 380 g/mol. The SMILES string of the molecule is COc1ccc(CN2CCN(CC(=O)N3CC(C)c4ccccc43)CC2)cc1. The molecule has 2 aromatic carbocycles. The van der Waals surface area contributed by atoms with Crippen molar-refractivity contribution < 1.29 is 9.53 Å². The van der Waals surface area contributed by atoms with Gasteiger partial charge in [-0.2, -0.15) is 0 Å². The van der Waals surface area contributed by atoms with Gasteiger partial charge in [-0.25, -0.2) is 0 Å². The number of hydrogen-bond acceptors (Lipinski definition) is 4. The van der Waals surface area contributed by atoms with Crippen molar-refractivity contribution in [3.8, 4) is 5.75 Å². The Balaban J connectivity index is 1.28. The highest BCUT2D eigenvalue weighted by Crippen LogP contribution is 2.35. The molecule has 2 aromatic rings. The first kappa shape index (κ1) is 19.0. The highest BCUT2D eigenvalue weighted by Gasteiger charge is 2.30. The van der Waals surface area contributed by atoms with Crippen LogP contribution >= 0.6 is 0 Å². The van der Waals surface area contributed by atoms with Crippen LogP contribution in [0.4, 0.5) is 5.69 Å². The van der Waals surface area contributed by atoms with Gasteiger partial charge in [0.05, 0.1) is 13.7 Å². The Kier molecular flexibility index (Phi) is 5.64. The Bertz CT molecular complexity index is 813. The normalized spacial score (nSPS) is 20.2. The van der Waals surface area contributed by atoms with Crippen molar-refractivity contribution >= 4 is 11.6 Å². The predicted molar refractivity (Wildman–Crippen MR) is 112 cm³/mol. The lowest BCUT2D eigenvalue weighted by molar-refractivity contribution is -0.120. The van der Waals surface area contributed by atoms with Gasteiger partial charge in [0.15, 0.2) is 0 Å². The molecule has 2 aliphatic heterocycles. The third-order valence-electron chi connectivity index (χ3n) is 5.90. The first-order valence-corrected chi connectivity index (χ1v) is 10.1. The molecule has 1 fully saturated rings. The van der Waals surface area contributed by atoms with E-state index < -0.39 is 0 Å². The van der Waals surface area contributed by atoms with Crippen molar-refractivity contribution in [1.29, 1.82) is 0 Å². The summed E-state index contributed by atoms with van der Waals surface area (Å²) in [4.78, 5) is 19.6. The quantitative estimate of drug-likeness (QED) is 0.800. The van der Waals surface area contributed by atoms with E-state index in [1.807, 2.05) is 23.1 Å². The summed E-state index contributed by atoms with van der Waals surface area (Å²) in [5.74, 6) is 1.53. The third kappa shape index (κ3) is 4.05. The van der Waals surface area contributed by atoms with E-state index >= 15 is 0 Å². The Labute approximate surface area is 167 Å². The number of carbonyl (C=O) groups excluding carboxylic acids is 1. The number of ether oxygens (including phenoxy) is 1. The lowest BCUT2D eigenvalue weighted by Gasteiger charge is -2.35. The van der Waals surface area contributed by atoms with E-state index in [9.17, 15) is 4.79 Å². The molecule has 148 valence electrons. The van der Waals surface area contributed by atoms with E-state index in [-0.39, 0.29) is 5.91 Å². The minimum atomic E-state index is 0.223. The number of hydrogen-bond donors (Lipinski definition) is 0. The molecule has 0 aromatic heterocycles. The van der Waals surface area contributed by atoms with Crippen molar-refractivity contribution in [3.05, 3.63) is 59.7 Å². The highest BCUT2D eigenvalue weighted by atomic mass is 16.5. The van der Waals surface area contributed by atoms with Crippen LogP contribution < -0.4 is 9.64 Å². The minimum Gasteiger partial charge on any atom is -0.497 e. The van der Waals surface area contributed by atoms with Gasteiger partial charge in [0, 0.05) is 50.9 Å². The Morgan fingerprint density at radius 1 is 1.00 bits per heavy atom. The van der Waals surface area contributed by atoms with E-state index in [0.717, 1.165) is 50.7 Å². The predicted octanol–water partition coefficient (Wildman–Crippen LogP) is 2.96. The maximum Gasteiger partial charge on any atom is 0.241 e. The van der Waals surface area contributed by atoms with E-state index in [1.54, 1.807) is 7.11 Å². The summed E-state index contributed by atoms with van der Waals surface area (Å²) in [5, 5.41) is 0. The molecule has 4 rings (SSSR count). The fourth-order valence-electron chi connectivity index (χ4n) is 4.23. The molecule has 1 atom stereocenters. The summed E-state index contributed by atoms with van der Waals surface area (Å²) in [5.41, 5.74) is 3.69. The molecular formula is C23H29N3O2. The first-order valence-electron chi connectivity index (χ1n) is 10.1. The van der Waals surface area contributed by atoms with Crippen LogP contribution in [0.25, 0.3) is 0 Å². The molecule has 1 saturated heterocycles. The number of rotatable bonds is 5. The van der Waals surface area contributed by atoms with Gasteiger partial charge >= 0.3 is 0 Å². The van der Waals surface area contributed by atoms with Crippen LogP contribution in [-0.4, -0.2) is 62.1 Å². The van der Waals surface area contributed by atoms with Gasteiger partial charge in [0.25, 0.3) is 0 Å². The number of anilines is 1. The summed E-state index contributed by atoms with van der Waals surface area (Å²) in [7, 11) is 1.69. The van der Waals surface area contributed by atoms with Crippen LogP contribution in [0, 0.1) is 0 Å². The fourth-order valence-corrected chi connectivity index (χ4v) is 4.23. The van der Waals surface area contributed by atoms with Crippen LogP contribution in [0.1, 0.15) is 24.0 Å². The van der Waals surface area contributed by atoms with Crippen molar-refractivity contribution in [2.45, 2.75) is 19.4 Å². The number of benzene rings is 2. The summed E-state index contributed by atoms with van der Waals surface area (Å²) in [6, 6.07) is 16.6. The minimum absolute atomic E-state index is 0.223. The molecule has 0 bridgehead atoms. The van der Waals surface area contributed by atoms with Gasteiger partial charge in [-0.05, 0) is 29.3 Å². The van der Waals surface area contributed by atoms with Gasteiger partial charge < -0.3 is 9.64 Å². The highest BCUT2D eigenvalue weighted by molar-refractivity contribution is 5.97. The molecule has 5 nitrogen and oxygen atoms in total. The first-order chi connectivity index (χ1) is 13.6. The molecule has 0 N–H and O–H groups in total. The molecule has 2 heterocycles. The molecule has 28 heavy (non-hydrogen) atoms. The number of carbonyl (C=O) groups is 1. The lowest BCUT2D eigenvalue weighted by Crippen LogP contribution is -2.49. The molecule has 1 unspecified atom stereocenters. The number of piperazine rings is 1. The van der Waals surface area contributed by atoms with Crippen LogP contribution in [-0.2, 0) is 11.3 Å². The molecule has 0 spiro atoms. The average Bonchev–Trinajstić information content (AvgIpc) is 3.07. The van der Waals surface area contributed by atoms with Gasteiger partial charge in [-0.1, -0.05) is 37.3 Å². The third-order valence-corrected chi connectivity index (χ3v) is 5.90. The van der Waals surface area contributed by atoms with E-state index in [0.29, 0.717) is 12.5 Å². The van der Waals surface area contributed by atoms with Gasteiger partial charge in [-0.15, -0.1) is 0 Å². The second kappa shape index (κ2) is 8.33. The van der Waals surface area contributed by atoms with E-state index in [1.165, 1.54) is 11.1 Å². The van der Waals surface area contributed by atoms with Crippen LogP contribution in [0.5, 0.6) is 5.75 Å². The van der Waals surface area contributed by atoms with Crippen molar-refractivity contribution in [2.24, 2.45) is 0 Å². The topological polar surface area (TPSA) is 36.0 Å². The number of methoxy groups -OCH3 is 1. The Morgan fingerprint density at radius 2 is 1.68 bits per heavy atom. The molecule has 0 radical (unpaired) electrons. The molecule has 2 aliphatic rings. The zero-order chi connectivity index (χ0) is 19.5. The van der Waals surface area contributed by atoms with Crippen LogP contribution in [0.15, 0.2) is 48.5 Å².